The third-order valence-electron chi connectivity index (χ3n) is 8.70. The first-order valence-corrected chi connectivity index (χ1v) is 17.1. The van der Waals surface area contributed by atoms with Crippen LogP contribution in [0.1, 0.15) is 45.5 Å². The van der Waals surface area contributed by atoms with Gasteiger partial charge in [0.1, 0.15) is 17.3 Å². The summed E-state index contributed by atoms with van der Waals surface area (Å²) >= 11 is 0. The molecule has 2 N–H and O–H groups in total. The van der Waals surface area contributed by atoms with E-state index in [1.54, 1.807) is 32.4 Å². The maximum atomic E-state index is 14.0. The number of imidazole rings is 1. The lowest BCUT2D eigenvalue weighted by Gasteiger charge is -2.16. The van der Waals surface area contributed by atoms with Gasteiger partial charge in [-0.2, -0.15) is 13.2 Å². The maximum Gasteiger partial charge on any atom is 0.416 e. The number of Topliss-reactive ketones (excluding diaryl/α,β-unsaturated/α-hetero) is 1. The van der Waals surface area contributed by atoms with Crippen LogP contribution in [-0.2, 0) is 22.2 Å². The van der Waals surface area contributed by atoms with Crippen LogP contribution in [0.4, 0.5) is 13.2 Å². The highest BCUT2D eigenvalue weighted by Gasteiger charge is 2.31. The molecule has 5 rings (SSSR count). The van der Waals surface area contributed by atoms with Gasteiger partial charge in [0, 0.05) is 48.4 Å². The van der Waals surface area contributed by atoms with E-state index in [1.165, 1.54) is 6.07 Å². The molecule has 0 spiro atoms. The van der Waals surface area contributed by atoms with Crippen molar-refractivity contribution in [3.8, 4) is 45.4 Å². The van der Waals surface area contributed by atoms with Gasteiger partial charge in [-0.1, -0.05) is 36.4 Å². The van der Waals surface area contributed by atoms with Gasteiger partial charge in [-0.05, 0) is 85.5 Å². The third-order valence-corrected chi connectivity index (χ3v) is 8.70. The topological polar surface area (TPSA) is 97.8 Å². The van der Waals surface area contributed by atoms with E-state index in [1.807, 2.05) is 66.9 Å². The van der Waals surface area contributed by atoms with Crippen LogP contribution < -0.4 is 15.2 Å². The number of hydrogen-bond acceptors (Lipinski definition) is 7. The van der Waals surface area contributed by atoms with Crippen molar-refractivity contribution < 1.29 is 36.9 Å². The number of halogens is 3. The van der Waals surface area contributed by atoms with Gasteiger partial charge in [-0.25, -0.2) is 4.98 Å². The zero-order valence-corrected chi connectivity index (χ0v) is 29.9. The van der Waals surface area contributed by atoms with Crippen LogP contribution in [0, 0.1) is 13.8 Å². The minimum atomic E-state index is -4.54. The molecule has 1 aromatic heterocycles. The van der Waals surface area contributed by atoms with Crippen molar-refractivity contribution in [1.29, 1.82) is 0 Å². The monoisotopic (exact) mass is 715 g/mol. The van der Waals surface area contributed by atoms with Crippen LogP contribution in [0.15, 0.2) is 84.9 Å². The Kier molecular flexibility index (Phi) is 12.9. The Morgan fingerprint density at radius 2 is 1.40 bits per heavy atom. The molecule has 0 saturated carbocycles. The lowest BCUT2D eigenvalue weighted by atomic mass is 10.0. The highest BCUT2D eigenvalue weighted by molar-refractivity contribution is 5.96. The molecule has 5 aromatic rings. The second-order valence-corrected chi connectivity index (χ2v) is 12.4. The molecular weight excluding hydrogens is 671 g/mol. The zero-order valence-electron chi connectivity index (χ0n) is 29.9. The largest absolute Gasteiger partial charge is 0.496 e. The Balaban J connectivity index is 1.55. The van der Waals surface area contributed by atoms with Crippen molar-refractivity contribution in [2.45, 2.75) is 39.4 Å². The molecular formula is C41H44F3N3O5. The van der Waals surface area contributed by atoms with Crippen molar-refractivity contribution in [2.24, 2.45) is 5.73 Å². The van der Waals surface area contributed by atoms with E-state index in [0.717, 1.165) is 45.6 Å². The number of carbonyl (C=O) groups excluding carboxylic acids is 1. The Hall–Kier alpha value is -4.97. The van der Waals surface area contributed by atoms with Gasteiger partial charge in [-0.15, -0.1) is 0 Å². The first kappa shape index (κ1) is 38.3. The Labute approximate surface area is 302 Å². The molecule has 0 fully saturated rings. The summed E-state index contributed by atoms with van der Waals surface area (Å²) in [7, 11) is 3.21. The minimum Gasteiger partial charge on any atom is -0.496 e. The van der Waals surface area contributed by atoms with E-state index in [4.69, 9.17) is 29.7 Å². The Morgan fingerprint density at radius 3 is 2.02 bits per heavy atom. The van der Waals surface area contributed by atoms with Gasteiger partial charge in [0.05, 0.1) is 51.0 Å². The lowest BCUT2D eigenvalue weighted by molar-refractivity contribution is -0.137. The Morgan fingerprint density at radius 1 is 0.769 bits per heavy atom. The average molecular weight is 716 g/mol. The minimum absolute atomic E-state index is 0.00613. The van der Waals surface area contributed by atoms with E-state index >= 15 is 0 Å². The fourth-order valence-electron chi connectivity index (χ4n) is 6.07. The fraction of sp³-hybridized carbons (Fsp3) is 0.317. The second-order valence-electron chi connectivity index (χ2n) is 12.4. The molecule has 0 aliphatic carbocycles. The molecule has 1 heterocycles. The summed E-state index contributed by atoms with van der Waals surface area (Å²) in [6.07, 6.45) is -3.63. The normalized spacial score (nSPS) is 11.5. The number of nitrogens with two attached hydrogens (primary N) is 1. The SMILES string of the molecule is COc1ccc(-c2nc(-c3cccc(C(F)(F)F)c3)n(Cc3ccc(C(=O)CCCOCCOCCN)cc3)c2-c2ccc(OC)c(C)c2)cc1C. The quantitative estimate of drug-likeness (QED) is 0.0762. The highest BCUT2D eigenvalue weighted by Crippen LogP contribution is 2.40. The number of aromatic nitrogens is 2. The van der Waals surface area contributed by atoms with Crippen molar-refractivity contribution in [3.05, 3.63) is 113 Å². The van der Waals surface area contributed by atoms with Gasteiger partial charge in [0.25, 0.3) is 0 Å². The van der Waals surface area contributed by atoms with E-state index < -0.39 is 11.7 Å². The average Bonchev–Trinajstić information content (AvgIpc) is 3.51. The van der Waals surface area contributed by atoms with Crippen molar-refractivity contribution in [2.75, 3.05) is 47.2 Å². The van der Waals surface area contributed by atoms with Gasteiger partial charge < -0.3 is 29.2 Å². The first-order valence-electron chi connectivity index (χ1n) is 17.1. The molecule has 0 unspecified atom stereocenters. The summed E-state index contributed by atoms with van der Waals surface area (Å²) in [6, 6.07) is 24.0. The molecule has 52 heavy (non-hydrogen) atoms. The van der Waals surface area contributed by atoms with Crippen LogP contribution in [0.25, 0.3) is 33.9 Å². The van der Waals surface area contributed by atoms with Crippen LogP contribution in [0.5, 0.6) is 11.5 Å². The number of carbonyl (C=O) groups is 1. The smallest absolute Gasteiger partial charge is 0.416 e. The molecule has 0 aliphatic heterocycles. The molecule has 4 aromatic carbocycles. The second kappa shape index (κ2) is 17.5. The summed E-state index contributed by atoms with van der Waals surface area (Å²) in [5.74, 6) is 1.77. The summed E-state index contributed by atoms with van der Waals surface area (Å²) in [4.78, 5) is 18.1. The molecule has 274 valence electrons. The summed E-state index contributed by atoms with van der Waals surface area (Å²) in [5.41, 5.74) is 11.0. The Bertz CT molecular complexity index is 1970. The number of alkyl halides is 3. The van der Waals surface area contributed by atoms with Gasteiger partial charge >= 0.3 is 6.18 Å². The zero-order chi connectivity index (χ0) is 37.3. The molecule has 0 bridgehead atoms. The molecule has 0 saturated heterocycles. The third kappa shape index (κ3) is 9.27. The van der Waals surface area contributed by atoms with E-state index in [-0.39, 0.29) is 12.3 Å². The predicted octanol–water partition coefficient (Wildman–Crippen LogP) is 8.54. The van der Waals surface area contributed by atoms with Crippen molar-refractivity contribution >= 4 is 5.78 Å². The highest BCUT2D eigenvalue weighted by atomic mass is 19.4. The fourth-order valence-corrected chi connectivity index (χ4v) is 6.07. The predicted molar refractivity (Wildman–Crippen MR) is 196 cm³/mol. The molecule has 11 heteroatoms. The van der Waals surface area contributed by atoms with Crippen LogP contribution in [0.2, 0.25) is 0 Å². The first-order chi connectivity index (χ1) is 25.0. The standard InChI is InChI=1S/C41H44F3N3O5/c1-27-23-31(14-16-36(27)49-3)38-39(32-15-17-37(50-4)28(2)24-32)47(40(46-38)33-7-5-8-34(25-33)41(42,43)44)26-29-10-12-30(13-11-29)35(48)9-6-19-51-21-22-52-20-18-45/h5,7-8,10-17,23-25H,6,9,18-22,26,45H2,1-4H3. The number of methoxy groups -OCH3 is 2. The van der Waals surface area contributed by atoms with Crippen molar-refractivity contribution in [1.82, 2.24) is 9.55 Å². The number of ether oxygens (including phenoxy) is 4. The number of rotatable bonds is 17. The summed E-state index contributed by atoms with van der Waals surface area (Å²) in [6.45, 7) is 6.42. The molecule has 0 amide bonds. The number of aryl methyl sites for hydroxylation is 2. The number of hydrogen-bond donors (Lipinski definition) is 1. The van der Waals surface area contributed by atoms with Crippen LogP contribution in [-0.4, -0.2) is 62.5 Å². The van der Waals surface area contributed by atoms with Gasteiger partial charge in [0.15, 0.2) is 5.78 Å². The lowest BCUT2D eigenvalue weighted by Crippen LogP contribution is -2.12. The molecule has 0 aliphatic rings. The summed E-state index contributed by atoms with van der Waals surface area (Å²) in [5, 5.41) is 0. The van der Waals surface area contributed by atoms with E-state index in [2.05, 4.69) is 0 Å². The van der Waals surface area contributed by atoms with Gasteiger partial charge in [-0.3, -0.25) is 4.79 Å². The van der Waals surface area contributed by atoms with Crippen LogP contribution >= 0.6 is 0 Å². The number of benzene rings is 4. The molecule has 0 atom stereocenters. The summed E-state index contributed by atoms with van der Waals surface area (Å²) < 4.78 is 65.7. The number of nitrogens with zero attached hydrogens (tertiary/aromatic N) is 2. The van der Waals surface area contributed by atoms with E-state index in [0.29, 0.717) is 80.0 Å². The molecule has 0 radical (unpaired) electrons. The molecule has 8 nitrogen and oxygen atoms in total. The maximum absolute atomic E-state index is 14.0. The van der Waals surface area contributed by atoms with Crippen molar-refractivity contribution in [3.63, 3.8) is 0 Å². The van der Waals surface area contributed by atoms with Gasteiger partial charge in [0.2, 0.25) is 0 Å². The number of ketones is 1. The van der Waals surface area contributed by atoms with Crippen LogP contribution in [0.3, 0.4) is 0 Å². The van der Waals surface area contributed by atoms with E-state index in [9.17, 15) is 18.0 Å².